The van der Waals surface area contributed by atoms with Crippen LogP contribution in [0.4, 0.5) is 11.4 Å². The molecule has 0 saturated heterocycles. The van der Waals surface area contributed by atoms with Crippen LogP contribution in [0.25, 0.3) is 0 Å². The number of halogens is 2. The van der Waals surface area contributed by atoms with E-state index in [1.165, 1.54) is 0 Å². The van der Waals surface area contributed by atoms with Gasteiger partial charge in [0, 0.05) is 11.4 Å². The first-order valence-corrected chi connectivity index (χ1v) is 8.94. The van der Waals surface area contributed by atoms with E-state index in [4.69, 9.17) is 28.5 Å². The van der Waals surface area contributed by atoms with Gasteiger partial charge in [0.05, 0.1) is 28.7 Å². The molecule has 2 atom stereocenters. The standard InChI is InChI=1S/C19H18Cl2N4O2/c1-12(19(27)24-14-5-3-13(10-22)4-6-14)25(2)11-18(26)23-15-7-8-16(20)17(21)9-15/h3-9,12H,11H2,1-2H3,(H,23,26)(H,24,27)/p+1/t12-/m0/s1. The number of likely N-dealkylation sites (N-methyl/N-ethyl adjacent to an activating group) is 1. The van der Waals surface area contributed by atoms with E-state index in [1.807, 2.05) is 6.07 Å². The Morgan fingerprint density at radius 1 is 1.07 bits per heavy atom. The maximum Gasteiger partial charge on any atom is 0.282 e. The van der Waals surface area contributed by atoms with Gasteiger partial charge in [-0.15, -0.1) is 0 Å². The molecule has 0 aromatic heterocycles. The lowest BCUT2D eigenvalue weighted by Crippen LogP contribution is -3.14. The Balaban J connectivity index is 1.90. The molecule has 0 aliphatic heterocycles. The molecular formula is C19H19Cl2N4O2+. The highest BCUT2D eigenvalue weighted by atomic mass is 35.5. The molecule has 3 N–H and O–H groups in total. The molecule has 0 fully saturated rings. The van der Waals surface area contributed by atoms with Gasteiger partial charge in [-0.05, 0) is 49.4 Å². The zero-order valence-corrected chi connectivity index (χ0v) is 16.4. The highest BCUT2D eigenvalue weighted by Crippen LogP contribution is 2.24. The van der Waals surface area contributed by atoms with Gasteiger partial charge in [-0.2, -0.15) is 5.26 Å². The van der Waals surface area contributed by atoms with Gasteiger partial charge in [0.1, 0.15) is 0 Å². The zero-order chi connectivity index (χ0) is 20.0. The number of carbonyl (C=O) groups excluding carboxylic acids is 2. The maximum atomic E-state index is 12.4. The van der Waals surface area contributed by atoms with Gasteiger partial charge in [0.25, 0.3) is 11.8 Å². The molecule has 0 heterocycles. The van der Waals surface area contributed by atoms with Crippen molar-refractivity contribution in [1.82, 2.24) is 0 Å². The second-order valence-corrected chi connectivity index (χ2v) is 6.91. The van der Waals surface area contributed by atoms with Gasteiger partial charge in [0.15, 0.2) is 12.6 Å². The van der Waals surface area contributed by atoms with E-state index in [-0.39, 0.29) is 18.4 Å². The summed E-state index contributed by atoms with van der Waals surface area (Å²) in [7, 11) is 1.76. The van der Waals surface area contributed by atoms with Crippen molar-refractivity contribution in [2.24, 2.45) is 0 Å². The minimum atomic E-state index is -0.458. The summed E-state index contributed by atoms with van der Waals surface area (Å²) in [6, 6.07) is 13.0. The molecule has 2 rings (SSSR count). The van der Waals surface area contributed by atoms with Crippen LogP contribution in [0.5, 0.6) is 0 Å². The van der Waals surface area contributed by atoms with Crippen molar-refractivity contribution in [2.45, 2.75) is 13.0 Å². The van der Waals surface area contributed by atoms with Crippen molar-refractivity contribution < 1.29 is 14.5 Å². The summed E-state index contributed by atoms with van der Waals surface area (Å²) in [5.41, 5.74) is 1.65. The van der Waals surface area contributed by atoms with Crippen LogP contribution < -0.4 is 15.5 Å². The number of benzene rings is 2. The predicted molar refractivity (Wildman–Crippen MR) is 106 cm³/mol. The number of hydrogen-bond donors (Lipinski definition) is 3. The van der Waals surface area contributed by atoms with Gasteiger partial charge in [-0.25, -0.2) is 0 Å². The molecule has 140 valence electrons. The number of amides is 2. The van der Waals surface area contributed by atoms with Crippen LogP contribution in [0.1, 0.15) is 12.5 Å². The number of nitrogens with zero attached hydrogens (tertiary/aromatic N) is 1. The van der Waals surface area contributed by atoms with E-state index in [1.54, 1.807) is 56.4 Å². The highest BCUT2D eigenvalue weighted by Gasteiger charge is 2.24. The second kappa shape index (κ2) is 9.38. The van der Waals surface area contributed by atoms with E-state index in [2.05, 4.69) is 10.6 Å². The van der Waals surface area contributed by atoms with Gasteiger partial charge < -0.3 is 15.5 Å². The van der Waals surface area contributed by atoms with Crippen molar-refractivity contribution in [2.75, 3.05) is 24.2 Å². The number of anilines is 2. The molecule has 0 bridgehead atoms. The van der Waals surface area contributed by atoms with Crippen molar-refractivity contribution in [3.63, 3.8) is 0 Å². The van der Waals surface area contributed by atoms with Crippen LogP contribution in [0.2, 0.25) is 10.0 Å². The third-order valence-electron chi connectivity index (χ3n) is 4.06. The fourth-order valence-corrected chi connectivity index (χ4v) is 2.59. The van der Waals surface area contributed by atoms with Crippen molar-refractivity contribution in [3.05, 3.63) is 58.1 Å². The fourth-order valence-electron chi connectivity index (χ4n) is 2.29. The smallest absolute Gasteiger partial charge is 0.282 e. The molecule has 6 nitrogen and oxygen atoms in total. The molecule has 0 spiro atoms. The molecular weight excluding hydrogens is 387 g/mol. The molecule has 0 aliphatic carbocycles. The van der Waals surface area contributed by atoms with Crippen molar-refractivity contribution >= 4 is 46.4 Å². The van der Waals surface area contributed by atoms with Crippen LogP contribution in [-0.2, 0) is 9.59 Å². The van der Waals surface area contributed by atoms with Crippen LogP contribution >= 0.6 is 23.2 Å². The lowest BCUT2D eigenvalue weighted by atomic mass is 10.2. The summed E-state index contributed by atoms with van der Waals surface area (Å²) in [5, 5.41) is 15.1. The van der Waals surface area contributed by atoms with Crippen LogP contribution in [0.3, 0.4) is 0 Å². The average Bonchev–Trinajstić information content (AvgIpc) is 2.64. The summed E-state index contributed by atoms with van der Waals surface area (Å²) in [6.07, 6.45) is 0. The van der Waals surface area contributed by atoms with Crippen LogP contribution in [0.15, 0.2) is 42.5 Å². The van der Waals surface area contributed by atoms with E-state index in [0.717, 1.165) is 4.90 Å². The molecule has 0 aliphatic rings. The van der Waals surface area contributed by atoms with Crippen LogP contribution in [-0.4, -0.2) is 31.4 Å². The van der Waals surface area contributed by atoms with Gasteiger partial charge in [-0.3, -0.25) is 9.59 Å². The molecule has 0 radical (unpaired) electrons. The van der Waals surface area contributed by atoms with Gasteiger partial charge in [0.2, 0.25) is 0 Å². The summed E-state index contributed by atoms with van der Waals surface area (Å²) < 4.78 is 0. The monoisotopic (exact) mass is 405 g/mol. The van der Waals surface area contributed by atoms with Gasteiger partial charge >= 0.3 is 0 Å². The lowest BCUT2D eigenvalue weighted by molar-refractivity contribution is -0.885. The summed E-state index contributed by atoms with van der Waals surface area (Å²) >= 11 is 11.8. The first-order valence-electron chi connectivity index (χ1n) is 8.18. The minimum Gasteiger partial charge on any atom is -0.321 e. The van der Waals surface area contributed by atoms with Gasteiger partial charge in [-0.1, -0.05) is 23.2 Å². The SMILES string of the molecule is C[C@@H](C(=O)Nc1ccc(C#N)cc1)[NH+](C)CC(=O)Nc1ccc(Cl)c(Cl)c1. The molecule has 27 heavy (non-hydrogen) atoms. The molecule has 2 aromatic carbocycles. The molecule has 0 saturated carbocycles. The zero-order valence-electron chi connectivity index (χ0n) is 14.8. The number of nitriles is 1. The average molecular weight is 406 g/mol. The number of quaternary nitrogens is 1. The molecule has 8 heteroatoms. The molecule has 2 amide bonds. The fraction of sp³-hybridized carbons (Fsp3) is 0.211. The third-order valence-corrected chi connectivity index (χ3v) is 4.80. The third kappa shape index (κ3) is 5.97. The van der Waals surface area contributed by atoms with E-state index in [9.17, 15) is 9.59 Å². The Hall–Kier alpha value is -2.59. The summed E-state index contributed by atoms with van der Waals surface area (Å²) in [5.74, 6) is -0.469. The first-order chi connectivity index (χ1) is 12.8. The second-order valence-electron chi connectivity index (χ2n) is 6.10. The minimum absolute atomic E-state index is 0.0994. The quantitative estimate of drug-likeness (QED) is 0.689. The molecule has 1 unspecified atom stereocenters. The van der Waals surface area contributed by atoms with Crippen molar-refractivity contribution in [3.8, 4) is 6.07 Å². The topological polar surface area (TPSA) is 86.4 Å². The maximum absolute atomic E-state index is 12.4. The summed E-state index contributed by atoms with van der Waals surface area (Å²) in [6.45, 7) is 1.84. The number of nitrogens with one attached hydrogen (secondary N) is 3. The van der Waals surface area contributed by atoms with E-state index < -0.39 is 6.04 Å². The highest BCUT2D eigenvalue weighted by molar-refractivity contribution is 6.42. The summed E-state index contributed by atoms with van der Waals surface area (Å²) in [4.78, 5) is 25.3. The van der Waals surface area contributed by atoms with E-state index in [0.29, 0.717) is 27.0 Å². The van der Waals surface area contributed by atoms with Crippen molar-refractivity contribution in [1.29, 1.82) is 5.26 Å². The number of rotatable bonds is 6. The Morgan fingerprint density at radius 2 is 1.70 bits per heavy atom. The van der Waals surface area contributed by atoms with E-state index >= 15 is 0 Å². The number of hydrogen-bond acceptors (Lipinski definition) is 3. The Bertz CT molecular complexity index is 878. The predicted octanol–water partition coefficient (Wildman–Crippen LogP) is 2.35. The largest absolute Gasteiger partial charge is 0.321 e. The Kier molecular flexibility index (Phi) is 7.19. The lowest BCUT2D eigenvalue weighted by Gasteiger charge is -2.20. The Labute approximate surface area is 167 Å². The first kappa shape index (κ1) is 20.7. The Morgan fingerprint density at radius 3 is 2.30 bits per heavy atom. The number of carbonyl (C=O) groups is 2. The van der Waals surface area contributed by atoms with Crippen LogP contribution in [0, 0.1) is 11.3 Å². The molecule has 2 aromatic rings. The normalized spacial score (nSPS) is 12.6.